The van der Waals surface area contributed by atoms with Gasteiger partial charge in [0.15, 0.2) is 5.96 Å². The Morgan fingerprint density at radius 2 is 1.89 bits per heavy atom. The van der Waals surface area contributed by atoms with E-state index in [4.69, 9.17) is 9.47 Å². The van der Waals surface area contributed by atoms with Crippen LogP contribution in [-0.4, -0.2) is 48.4 Å². The van der Waals surface area contributed by atoms with Crippen molar-refractivity contribution in [2.75, 3.05) is 20.2 Å². The van der Waals surface area contributed by atoms with Gasteiger partial charge >= 0.3 is 6.09 Å². The van der Waals surface area contributed by atoms with Crippen molar-refractivity contribution in [3.05, 3.63) is 23.9 Å². The standard InChI is InChI=1S/C19H33N5O3.HI/c1-8-20-16(22-12-14-10-9-11-21-15(14)26-7)23-13-19(5,6)24-17(25)27-18(2,3)4;/h9-11H,8,12-13H2,1-7H3,(H,24,25)(H2,20,22,23);1H. The molecule has 8 nitrogen and oxygen atoms in total. The van der Waals surface area contributed by atoms with E-state index in [1.54, 1.807) is 13.3 Å². The zero-order chi connectivity index (χ0) is 20.5. The quantitative estimate of drug-likeness (QED) is 0.298. The zero-order valence-corrected chi connectivity index (χ0v) is 20.2. The first-order valence-electron chi connectivity index (χ1n) is 9.07. The van der Waals surface area contributed by atoms with Crippen LogP contribution in [0.1, 0.15) is 47.1 Å². The lowest BCUT2D eigenvalue weighted by Gasteiger charge is -2.29. The Hall–Kier alpha value is -1.78. The number of halogens is 1. The lowest BCUT2D eigenvalue weighted by molar-refractivity contribution is 0.0474. The number of hydrogen-bond donors (Lipinski definition) is 3. The number of nitrogens with zero attached hydrogens (tertiary/aromatic N) is 2. The first kappa shape index (κ1) is 26.2. The molecule has 1 heterocycles. The molecule has 0 saturated carbocycles. The van der Waals surface area contributed by atoms with Gasteiger partial charge in [-0.2, -0.15) is 0 Å². The van der Waals surface area contributed by atoms with Gasteiger partial charge in [-0.05, 0) is 47.6 Å². The summed E-state index contributed by atoms with van der Waals surface area (Å²) in [7, 11) is 1.59. The number of carbonyl (C=O) groups excluding carboxylic acids is 1. The Labute approximate surface area is 185 Å². The molecule has 0 saturated heterocycles. The molecule has 0 aromatic carbocycles. The number of nitrogens with one attached hydrogen (secondary N) is 3. The van der Waals surface area contributed by atoms with Gasteiger partial charge < -0.3 is 25.4 Å². The van der Waals surface area contributed by atoms with E-state index in [9.17, 15) is 4.79 Å². The van der Waals surface area contributed by atoms with Gasteiger partial charge in [-0.25, -0.2) is 14.8 Å². The fraction of sp³-hybridized carbons (Fsp3) is 0.632. The van der Waals surface area contributed by atoms with E-state index in [-0.39, 0.29) is 24.0 Å². The number of amides is 1. The molecule has 0 radical (unpaired) electrons. The van der Waals surface area contributed by atoms with Gasteiger partial charge in [-0.1, -0.05) is 6.07 Å². The number of ether oxygens (including phenoxy) is 2. The summed E-state index contributed by atoms with van der Waals surface area (Å²) in [6.07, 6.45) is 1.23. The van der Waals surface area contributed by atoms with E-state index < -0.39 is 17.2 Å². The average molecular weight is 507 g/mol. The third kappa shape index (κ3) is 10.5. The fourth-order valence-electron chi connectivity index (χ4n) is 2.16. The van der Waals surface area contributed by atoms with Gasteiger partial charge in [0.2, 0.25) is 5.88 Å². The van der Waals surface area contributed by atoms with Gasteiger partial charge in [-0.3, -0.25) is 0 Å². The summed E-state index contributed by atoms with van der Waals surface area (Å²) in [4.78, 5) is 20.7. The molecular formula is C19H34IN5O3. The first-order chi connectivity index (χ1) is 12.6. The number of hydrogen-bond acceptors (Lipinski definition) is 5. The number of guanidine groups is 1. The maximum Gasteiger partial charge on any atom is 0.408 e. The second-order valence-corrected chi connectivity index (χ2v) is 7.73. The van der Waals surface area contributed by atoms with E-state index in [2.05, 4.69) is 25.9 Å². The second-order valence-electron chi connectivity index (χ2n) is 7.73. The van der Waals surface area contributed by atoms with E-state index >= 15 is 0 Å². The molecule has 9 heteroatoms. The molecule has 0 aliphatic heterocycles. The molecule has 0 unspecified atom stereocenters. The number of methoxy groups -OCH3 is 1. The van der Waals surface area contributed by atoms with Crippen molar-refractivity contribution in [2.45, 2.75) is 59.2 Å². The summed E-state index contributed by atoms with van der Waals surface area (Å²) in [6.45, 7) is 12.9. The minimum absolute atomic E-state index is 0. The Morgan fingerprint density at radius 1 is 1.21 bits per heavy atom. The predicted octanol–water partition coefficient (Wildman–Crippen LogP) is 3.07. The van der Waals surface area contributed by atoms with Crippen LogP contribution in [0.25, 0.3) is 0 Å². The molecule has 1 aromatic rings. The predicted molar refractivity (Wildman–Crippen MR) is 122 cm³/mol. The smallest absolute Gasteiger partial charge is 0.408 e. The molecular weight excluding hydrogens is 473 g/mol. The van der Waals surface area contributed by atoms with Crippen LogP contribution in [0.15, 0.2) is 23.3 Å². The van der Waals surface area contributed by atoms with Crippen LogP contribution in [0.5, 0.6) is 5.88 Å². The lowest BCUT2D eigenvalue weighted by atomic mass is 10.1. The normalized spacial score (nSPS) is 11.9. The van der Waals surface area contributed by atoms with Crippen LogP contribution in [0, 0.1) is 0 Å². The van der Waals surface area contributed by atoms with E-state index in [1.165, 1.54) is 0 Å². The molecule has 0 bridgehead atoms. The molecule has 0 spiro atoms. The minimum Gasteiger partial charge on any atom is -0.481 e. The van der Waals surface area contributed by atoms with E-state index in [1.807, 2.05) is 53.7 Å². The molecule has 160 valence electrons. The highest BCUT2D eigenvalue weighted by molar-refractivity contribution is 14.0. The van der Waals surface area contributed by atoms with Gasteiger partial charge in [-0.15, -0.1) is 24.0 Å². The molecule has 1 aromatic heterocycles. The maximum atomic E-state index is 12.0. The monoisotopic (exact) mass is 507 g/mol. The maximum absolute atomic E-state index is 12.0. The highest BCUT2D eigenvalue weighted by atomic mass is 127. The summed E-state index contributed by atoms with van der Waals surface area (Å²) >= 11 is 0. The van der Waals surface area contributed by atoms with Crippen molar-refractivity contribution in [3.8, 4) is 5.88 Å². The molecule has 1 rings (SSSR count). The third-order valence-electron chi connectivity index (χ3n) is 3.33. The zero-order valence-electron chi connectivity index (χ0n) is 17.9. The summed E-state index contributed by atoms with van der Waals surface area (Å²) in [5, 5.41) is 9.30. The van der Waals surface area contributed by atoms with Gasteiger partial charge in [0.25, 0.3) is 0 Å². The number of rotatable bonds is 7. The summed E-state index contributed by atoms with van der Waals surface area (Å²) < 4.78 is 10.6. The fourth-order valence-corrected chi connectivity index (χ4v) is 2.16. The van der Waals surface area contributed by atoms with Crippen molar-refractivity contribution in [1.82, 2.24) is 20.9 Å². The van der Waals surface area contributed by atoms with Crippen LogP contribution < -0.4 is 20.7 Å². The molecule has 0 fully saturated rings. The highest BCUT2D eigenvalue weighted by Gasteiger charge is 2.24. The molecule has 0 aliphatic carbocycles. The first-order valence-corrected chi connectivity index (χ1v) is 9.07. The molecule has 3 N–H and O–H groups in total. The highest BCUT2D eigenvalue weighted by Crippen LogP contribution is 2.14. The van der Waals surface area contributed by atoms with Crippen molar-refractivity contribution in [2.24, 2.45) is 4.99 Å². The average Bonchev–Trinajstić information content (AvgIpc) is 2.55. The Morgan fingerprint density at radius 3 is 2.46 bits per heavy atom. The van der Waals surface area contributed by atoms with Crippen LogP contribution >= 0.6 is 24.0 Å². The van der Waals surface area contributed by atoms with Crippen molar-refractivity contribution >= 4 is 36.0 Å². The summed E-state index contributed by atoms with van der Waals surface area (Å²) in [5.74, 6) is 1.20. The molecule has 1 amide bonds. The minimum atomic E-state index is -0.535. The number of alkyl carbamates (subject to hydrolysis) is 1. The second kappa shape index (κ2) is 11.9. The van der Waals surface area contributed by atoms with Crippen LogP contribution in [0.2, 0.25) is 0 Å². The molecule has 0 atom stereocenters. The molecule has 0 aliphatic rings. The molecule has 28 heavy (non-hydrogen) atoms. The SMILES string of the molecule is CCNC(=NCc1cccnc1OC)NCC(C)(C)NC(=O)OC(C)(C)C.I. The Bertz CT molecular complexity index is 645. The van der Waals surface area contributed by atoms with Gasteiger partial charge in [0.1, 0.15) is 5.60 Å². The number of aromatic nitrogens is 1. The number of aliphatic imine (C=N–C) groups is 1. The van der Waals surface area contributed by atoms with Crippen LogP contribution in [0.4, 0.5) is 4.79 Å². The van der Waals surface area contributed by atoms with E-state index in [0.717, 1.165) is 12.1 Å². The number of pyridine rings is 1. The van der Waals surface area contributed by atoms with Crippen molar-refractivity contribution < 1.29 is 14.3 Å². The van der Waals surface area contributed by atoms with Gasteiger partial charge in [0, 0.05) is 24.8 Å². The largest absolute Gasteiger partial charge is 0.481 e. The third-order valence-corrected chi connectivity index (χ3v) is 3.33. The summed E-state index contributed by atoms with van der Waals surface area (Å²) in [5.41, 5.74) is -0.166. The van der Waals surface area contributed by atoms with Crippen LogP contribution in [-0.2, 0) is 11.3 Å². The summed E-state index contributed by atoms with van der Waals surface area (Å²) in [6, 6.07) is 3.77. The van der Waals surface area contributed by atoms with Crippen molar-refractivity contribution in [1.29, 1.82) is 0 Å². The van der Waals surface area contributed by atoms with Gasteiger partial charge in [0.05, 0.1) is 19.2 Å². The Kier molecular flexibility index (Phi) is 11.2. The van der Waals surface area contributed by atoms with Crippen LogP contribution in [0.3, 0.4) is 0 Å². The topological polar surface area (TPSA) is 96.9 Å². The van der Waals surface area contributed by atoms with Crippen molar-refractivity contribution in [3.63, 3.8) is 0 Å². The lowest BCUT2D eigenvalue weighted by Crippen LogP contribution is -2.54. The number of carbonyl (C=O) groups is 1. The van der Waals surface area contributed by atoms with E-state index in [0.29, 0.717) is 24.9 Å². The Balaban J connectivity index is 0.00000729.